The van der Waals surface area contributed by atoms with Crippen molar-refractivity contribution in [3.05, 3.63) is 0 Å². The normalized spacial score (nSPS) is 14.4. The Hall–Kier alpha value is -8.03. The fraction of sp³-hybridized carbons (Fsp3) is 0.659. The standard InChI is InChI=1S/C44H72N12O20/c1-20(2)17-28(54-38(70)24(49-22(4)58)7-5-6-16-45)42(74)55-29(18-35(67)68)43(75)53-26(10-14-33(63)64)40(72)52-27(11-15-34(65)66)41(73)56-36(21(3)57)44(76)48-19-31(60)50-25(9-13-32(61)62)39(71)51-23(37(47)69)8-12-30(46)59/h20-21,23-29,36,57H,5-19,45H2,1-4H3,(H2,46,59)(H2,47,69)(H,48,76)(H,49,58)(H,50,60)(H,51,71)(H,52,72)(H,53,75)(H,54,70)(H,55,74)(H,56,73)(H,61,62)(H,63,64)(H,65,66)(H,67,68)/t21-,23+,24+,25+,26+,27+,28+,29+,36+/m1/s1. The van der Waals surface area contributed by atoms with Crippen LogP contribution < -0.4 is 65.1 Å². The third-order valence-corrected chi connectivity index (χ3v) is 10.7. The molecule has 0 unspecified atom stereocenters. The maximum Gasteiger partial charge on any atom is 0.305 e. The van der Waals surface area contributed by atoms with E-state index in [1.807, 2.05) is 0 Å². The number of carboxylic acid groups (broad SMARTS) is 4. The number of nitrogens with one attached hydrogen (secondary N) is 9. The molecule has 0 aliphatic rings. The summed E-state index contributed by atoms with van der Waals surface area (Å²) < 4.78 is 0. The number of nitrogens with two attached hydrogens (primary N) is 3. The smallest absolute Gasteiger partial charge is 0.305 e. The summed E-state index contributed by atoms with van der Waals surface area (Å²) >= 11 is 0. The van der Waals surface area contributed by atoms with E-state index < -0.39 is 201 Å². The average Bonchev–Trinajstić information content (AvgIpc) is 3.30. The first-order chi connectivity index (χ1) is 35.4. The fourth-order valence-electron chi connectivity index (χ4n) is 6.82. The summed E-state index contributed by atoms with van der Waals surface area (Å²) in [6, 6.07) is -13.6. The van der Waals surface area contributed by atoms with E-state index in [0.29, 0.717) is 19.4 Å². The number of carbonyl (C=O) groups excluding carboxylic acids is 11. The number of aliphatic hydroxyl groups excluding tert-OH is 1. The van der Waals surface area contributed by atoms with Crippen molar-refractivity contribution < 1.29 is 97.5 Å². The number of carbonyl (C=O) groups is 15. The summed E-state index contributed by atoms with van der Waals surface area (Å²) in [7, 11) is 0. The van der Waals surface area contributed by atoms with Crippen molar-refractivity contribution in [2.45, 2.75) is 166 Å². The SMILES string of the molecule is CC(=O)N[C@@H](CCCCN)C(=O)N[C@@H](CC(C)C)C(=O)N[C@@H](CC(=O)O)C(=O)N[C@@H](CCC(=O)O)C(=O)N[C@@H](CCC(=O)O)C(=O)N[C@H](C(=O)NCC(=O)N[C@@H](CCC(=O)O)C(=O)N[C@@H](CCC(N)=O)C(N)=O)[C@@H](C)O. The molecule has 0 saturated heterocycles. The average molecular weight is 1090 g/mol. The highest BCUT2D eigenvalue weighted by atomic mass is 16.4. The number of hydrogen-bond donors (Lipinski definition) is 17. The molecule has 0 aromatic carbocycles. The molecule has 0 bridgehead atoms. The van der Waals surface area contributed by atoms with Gasteiger partial charge < -0.3 is 90.6 Å². The predicted octanol–water partition coefficient (Wildman–Crippen LogP) is -6.62. The van der Waals surface area contributed by atoms with E-state index in [1.54, 1.807) is 13.8 Å². The van der Waals surface area contributed by atoms with Crippen LogP contribution in [0.5, 0.6) is 0 Å². The first kappa shape index (κ1) is 68.0. The minimum absolute atomic E-state index is 0.0641. The lowest BCUT2D eigenvalue weighted by Gasteiger charge is -2.28. The van der Waals surface area contributed by atoms with Gasteiger partial charge in [-0.2, -0.15) is 0 Å². The highest BCUT2D eigenvalue weighted by molar-refractivity contribution is 5.99. The quantitative estimate of drug-likeness (QED) is 0.0255. The van der Waals surface area contributed by atoms with Gasteiger partial charge in [0, 0.05) is 32.6 Å². The highest BCUT2D eigenvalue weighted by Crippen LogP contribution is 2.11. The third-order valence-electron chi connectivity index (χ3n) is 10.7. The first-order valence-corrected chi connectivity index (χ1v) is 23.9. The van der Waals surface area contributed by atoms with E-state index in [0.717, 1.165) is 6.92 Å². The third kappa shape index (κ3) is 29.0. The van der Waals surface area contributed by atoms with Gasteiger partial charge in [0.05, 0.1) is 19.1 Å². The van der Waals surface area contributed by atoms with E-state index in [1.165, 1.54) is 6.92 Å². The van der Waals surface area contributed by atoms with Gasteiger partial charge in [-0.15, -0.1) is 0 Å². The zero-order valence-corrected chi connectivity index (χ0v) is 42.5. The van der Waals surface area contributed by atoms with E-state index in [-0.39, 0.29) is 25.2 Å². The summed E-state index contributed by atoms with van der Waals surface area (Å²) in [5, 5.41) is 68.1. The Bertz CT molecular complexity index is 2110. The molecular weight excluding hydrogens is 1020 g/mol. The van der Waals surface area contributed by atoms with E-state index in [4.69, 9.17) is 22.3 Å². The van der Waals surface area contributed by atoms with Crippen LogP contribution in [0.15, 0.2) is 0 Å². The number of hydrogen-bond acceptors (Lipinski definition) is 17. The monoisotopic (exact) mass is 1090 g/mol. The lowest BCUT2D eigenvalue weighted by atomic mass is 10.0. The number of primary amides is 2. The van der Waals surface area contributed by atoms with Crippen LogP contribution in [0.3, 0.4) is 0 Å². The van der Waals surface area contributed by atoms with Crippen LogP contribution in [-0.4, -0.2) is 182 Å². The fourth-order valence-corrected chi connectivity index (χ4v) is 6.82. The summed E-state index contributed by atoms with van der Waals surface area (Å²) in [5.41, 5.74) is 15.9. The predicted molar refractivity (Wildman–Crippen MR) is 259 cm³/mol. The molecule has 0 saturated carbocycles. The maximum absolute atomic E-state index is 13.8. The molecule has 0 spiro atoms. The lowest BCUT2D eigenvalue weighted by molar-refractivity contribution is -0.142. The van der Waals surface area contributed by atoms with Gasteiger partial charge in [0.1, 0.15) is 48.3 Å². The summed E-state index contributed by atoms with van der Waals surface area (Å²) in [5.74, 6) is -18.4. The van der Waals surface area contributed by atoms with Crippen molar-refractivity contribution in [2.75, 3.05) is 13.1 Å². The van der Waals surface area contributed by atoms with Crippen LogP contribution >= 0.6 is 0 Å². The van der Waals surface area contributed by atoms with Crippen LogP contribution in [-0.2, 0) is 71.9 Å². The van der Waals surface area contributed by atoms with Crippen molar-refractivity contribution in [1.29, 1.82) is 0 Å². The number of aliphatic carboxylic acids is 4. The van der Waals surface area contributed by atoms with Crippen LogP contribution in [0.2, 0.25) is 0 Å². The second-order valence-electron chi connectivity index (χ2n) is 17.8. The number of carboxylic acids is 4. The van der Waals surface area contributed by atoms with Crippen LogP contribution in [0.4, 0.5) is 0 Å². The largest absolute Gasteiger partial charge is 0.481 e. The van der Waals surface area contributed by atoms with Gasteiger partial charge in [-0.25, -0.2) is 0 Å². The van der Waals surface area contributed by atoms with Gasteiger partial charge in [0.15, 0.2) is 0 Å². The molecular formula is C44H72N12O20. The Labute approximate surface area is 435 Å². The van der Waals surface area contributed by atoms with Gasteiger partial charge >= 0.3 is 23.9 Å². The van der Waals surface area contributed by atoms with Crippen molar-refractivity contribution in [2.24, 2.45) is 23.1 Å². The molecule has 0 fully saturated rings. The molecule has 0 rings (SSSR count). The molecule has 0 heterocycles. The van der Waals surface area contributed by atoms with Crippen molar-refractivity contribution in [3.8, 4) is 0 Å². The molecule has 428 valence electrons. The molecule has 76 heavy (non-hydrogen) atoms. The number of aliphatic hydroxyl groups is 1. The van der Waals surface area contributed by atoms with Gasteiger partial charge in [0.2, 0.25) is 65.0 Å². The molecule has 32 heteroatoms. The summed E-state index contributed by atoms with van der Waals surface area (Å²) in [4.78, 5) is 189. The molecule has 20 N–H and O–H groups in total. The topological polar surface area (TPSA) is 544 Å². The second-order valence-corrected chi connectivity index (χ2v) is 17.8. The molecule has 0 radical (unpaired) electrons. The Kier molecular flexibility index (Phi) is 31.5. The summed E-state index contributed by atoms with van der Waals surface area (Å²) in [6.45, 7) is 4.80. The van der Waals surface area contributed by atoms with E-state index in [2.05, 4.69) is 47.9 Å². The Morgan fingerprint density at radius 2 is 0.842 bits per heavy atom. The molecule has 0 aromatic heterocycles. The molecule has 0 aromatic rings. The second kappa shape index (κ2) is 35.2. The minimum atomic E-state index is -2.01. The first-order valence-electron chi connectivity index (χ1n) is 23.9. The zero-order valence-electron chi connectivity index (χ0n) is 42.5. The minimum Gasteiger partial charge on any atom is -0.481 e. The van der Waals surface area contributed by atoms with Gasteiger partial charge in [-0.05, 0) is 70.8 Å². The Morgan fingerprint density at radius 3 is 1.25 bits per heavy atom. The van der Waals surface area contributed by atoms with Gasteiger partial charge in [0.25, 0.3) is 0 Å². The molecule has 0 aliphatic carbocycles. The van der Waals surface area contributed by atoms with Gasteiger partial charge in [-0.3, -0.25) is 71.9 Å². The number of unbranched alkanes of at least 4 members (excludes halogenated alkanes) is 1. The van der Waals surface area contributed by atoms with Crippen LogP contribution in [0, 0.1) is 5.92 Å². The van der Waals surface area contributed by atoms with Crippen LogP contribution in [0.1, 0.15) is 111 Å². The Morgan fingerprint density at radius 1 is 0.447 bits per heavy atom. The van der Waals surface area contributed by atoms with Crippen molar-refractivity contribution >= 4 is 88.9 Å². The lowest BCUT2D eigenvalue weighted by Crippen LogP contribution is -2.61. The zero-order chi connectivity index (χ0) is 58.4. The molecule has 9 atom stereocenters. The van der Waals surface area contributed by atoms with E-state index in [9.17, 15) is 92.3 Å². The maximum atomic E-state index is 13.8. The van der Waals surface area contributed by atoms with Crippen molar-refractivity contribution in [3.63, 3.8) is 0 Å². The highest BCUT2D eigenvalue weighted by Gasteiger charge is 2.36. The molecule has 32 nitrogen and oxygen atoms in total. The van der Waals surface area contributed by atoms with Crippen LogP contribution in [0.25, 0.3) is 0 Å². The molecule has 11 amide bonds. The Balaban J connectivity index is 6.53. The number of rotatable bonds is 39. The summed E-state index contributed by atoms with van der Waals surface area (Å²) in [6.07, 6.45) is -7.14. The van der Waals surface area contributed by atoms with Gasteiger partial charge in [-0.1, -0.05) is 13.8 Å². The van der Waals surface area contributed by atoms with E-state index >= 15 is 0 Å². The number of amides is 11. The molecule has 0 aliphatic heterocycles. The van der Waals surface area contributed by atoms with Crippen molar-refractivity contribution in [1.82, 2.24) is 47.9 Å².